The van der Waals surface area contributed by atoms with Crippen LogP contribution in [0.2, 0.25) is 10.4 Å². The van der Waals surface area contributed by atoms with Crippen molar-refractivity contribution in [1.82, 2.24) is 9.97 Å². The minimum Gasteiger partial charge on any atom is -0.218 e. The fourth-order valence-electron chi connectivity index (χ4n) is 1.19. The van der Waals surface area contributed by atoms with Crippen molar-refractivity contribution in [2.45, 2.75) is 0 Å². The number of benzene rings is 1. The quantitative estimate of drug-likeness (QED) is 0.576. The van der Waals surface area contributed by atoms with E-state index in [1.54, 1.807) is 18.2 Å². The van der Waals surface area contributed by atoms with E-state index in [1.165, 1.54) is 6.07 Å². The first-order valence-corrected chi connectivity index (χ1v) is 5.76. The monoisotopic (exact) mass is 320 g/mol. The second-order valence-electron chi connectivity index (χ2n) is 2.97. The highest BCUT2D eigenvalue weighted by Crippen LogP contribution is 2.25. The maximum atomic E-state index is 13.0. The summed E-state index contributed by atoms with van der Waals surface area (Å²) in [4.78, 5) is 7.74. The number of aromatic nitrogens is 2. The Morgan fingerprint density at radius 3 is 2.50 bits per heavy atom. The minimum absolute atomic E-state index is 0.0583. The first-order valence-electron chi connectivity index (χ1n) is 4.22. The molecule has 0 aliphatic rings. The van der Waals surface area contributed by atoms with E-state index in [0.717, 1.165) is 0 Å². The minimum atomic E-state index is -0.338. The van der Waals surface area contributed by atoms with Crippen molar-refractivity contribution in [2.24, 2.45) is 0 Å². The van der Waals surface area contributed by atoms with Gasteiger partial charge >= 0.3 is 0 Å². The van der Waals surface area contributed by atoms with E-state index in [4.69, 9.17) is 23.2 Å². The molecule has 0 aliphatic heterocycles. The van der Waals surface area contributed by atoms with Crippen LogP contribution in [0.5, 0.6) is 0 Å². The van der Waals surface area contributed by atoms with Gasteiger partial charge < -0.3 is 0 Å². The van der Waals surface area contributed by atoms with Crippen LogP contribution in [-0.4, -0.2) is 9.97 Å². The average molecular weight is 322 g/mol. The lowest BCUT2D eigenvalue weighted by Crippen LogP contribution is -1.89. The van der Waals surface area contributed by atoms with Crippen LogP contribution < -0.4 is 0 Å². The third kappa shape index (κ3) is 2.51. The van der Waals surface area contributed by atoms with Crippen molar-refractivity contribution in [3.8, 4) is 11.3 Å². The summed E-state index contributed by atoms with van der Waals surface area (Å²) in [5.74, 6) is -0.338. The summed E-state index contributed by atoms with van der Waals surface area (Å²) in [7, 11) is 0. The van der Waals surface area contributed by atoms with Crippen LogP contribution in [0.25, 0.3) is 11.3 Å². The van der Waals surface area contributed by atoms with E-state index in [9.17, 15) is 4.39 Å². The topological polar surface area (TPSA) is 25.8 Å². The zero-order chi connectivity index (χ0) is 11.7. The summed E-state index contributed by atoms with van der Waals surface area (Å²) in [6.45, 7) is 0. The molecule has 1 aromatic heterocycles. The third-order valence-electron chi connectivity index (χ3n) is 1.88. The van der Waals surface area contributed by atoms with Crippen LogP contribution in [0.4, 0.5) is 4.39 Å². The second kappa shape index (κ2) is 4.65. The van der Waals surface area contributed by atoms with Gasteiger partial charge in [0.1, 0.15) is 11.0 Å². The highest BCUT2D eigenvalue weighted by atomic mass is 79.9. The van der Waals surface area contributed by atoms with Crippen molar-refractivity contribution in [3.05, 3.63) is 45.0 Å². The normalized spacial score (nSPS) is 10.5. The largest absolute Gasteiger partial charge is 0.224 e. The van der Waals surface area contributed by atoms with Crippen LogP contribution >= 0.6 is 39.1 Å². The molecule has 1 aromatic carbocycles. The molecule has 0 unspecified atom stereocenters. The molecule has 0 amide bonds. The number of halogens is 4. The molecule has 0 N–H and O–H groups in total. The number of nitrogens with zero attached hydrogens (tertiary/aromatic N) is 2. The van der Waals surface area contributed by atoms with E-state index >= 15 is 0 Å². The smallest absolute Gasteiger partial charge is 0.218 e. The number of rotatable bonds is 1. The summed E-state index contributed by atoms with van der Waals surface area (Å²) in [5.41, 5.74) is 1.25. The van der Waals surface area contributed by atoms with Crippen molar-refractivity contribution in [2.75, 3.05) is 0 Å². The summed E-state index contributed by atoms with van der Waals surface area (Å²) in [6.07, 6.45) is 0. The summed E-state index contributed by atoms with van der Waals surface area (Å²) >= 11 is 14.5. The fraction of sp³-hybridized carbons (Fsp3) is 0. The Kier molecular flexibility index (Phi) is 3.42. The van der Waals surface area contributed by atoms with E-state index in [1.807, 2.05) is 0 Å². The Bertz CT molecular complexity index is 528. The van der Waals surface area contributed by atoms with Gasteiger partial charge in [-0.2, -0.15) is 0 Å². The molecule has 0 saturated heterocycles. The van der Waals surface area contributed by atoms with Crippen LogP contribution in [0.15, 0.2) is 28.7 Å². The molecule has 2 rings (SSSR count). The van der Waals surface area contributed by atoms with Crippen LogP contribution in [-0.2, 0) is 0 Å². The van der Waals surface area contributed by atoms with Crippen LogP contribution in [0.1, 0.15) is 0 Å². The highest BCUT2D eigenvalue weighted by molar-refractivity contribution is 9.10. The SMILES string of the molecule is Fc1ccc(-c2cc(Cl)nc(Cl)n2)cc1Br. The van der Waals surface area contributed by atoms with Crippen molar-refractivity contribution >= 4 is 39.1 Å². The highest BCUT2D eigenvalue weighted by Gasteiger charge is 2.06. The molecule has 6 heteroatoms. The van der Waals surface area contributed by atoms with E-state index < -0.39 is 0 Å². The van der Waals surface area contributed by atoms with Gasteiger partial charge in [-0.15, -0.1) is 0 Å². The van der Waals surface area contributed by atoms with Gasteiger partial charge in [0.2, 0.25) is 5.28 Å². The lowest BCUT2D eigenvalue weighted by atomic mass is 10.1. The number of hydrogen-bond acceptors (Lipinski definition) is 2. The van der Waals surface area contributed by atoms with Gasteiger partial charge in [0.25, 0.3) is 0 Å². The van der Waals surface area contributed by atoms with Gasteiger partial charge in [-0.05, 0) is 45.7 Å². The molecular formula is C10H4BrCl2FN2. The molecule has 0 radical (unpaired) electrons. The lowest BCUT2D eigenvalue weighted by molar-refractivity contribution is 0.621. The predicted octanol–water partition coefficient (Wildman–Crippen LogP) is 4.35. The third-order valence-corrected chi connectivity index (χ3v) is 2.85. The Labute approximate surface area is 110 Å². The molecule has 1 heterocycles. The van der Waals surface area contributed by atoms with Crippen LogP contribution in [0, 0.1) is 5.82 Å². The van der Waals surface area contributed by atoms with E-state index in [2.05, 4.69) is 25.9 Å². The van der Waals surface area contributed by atoms with Gasteiger partial charge in [0.15, 0.2) is 0 Å². The van der Waals surface area contributed by atoms with Gasteiger partial charge in [-0.25, -0.2) is 14.4 Å². The number of hydrogen-bond donors (Lipinski definition) is 0. The zero-order valence-electron chi connectivity index (χ0n) is 7.72. The fourth-order valence-corrected chi connectivity index (χ4v) is 1.98. The Balaban J connectivity index is 2.54. The zero-order valence-corrected chi connectivity index (χ0v) is 10.8. The maximum absolute atomic E-state index is 13.0. The molecule has 2 aromatic rings. The van der Waals surface area contributed by atoms with Crippen LogP contribution in [0.3, 0.4) is 0 Å². The molecule has 0 aliphatic carbocycles. The Morgan fingerprint density at radius 1 is 1.12 bits per heavy atom. The van der Waals surface area contributed by atoms with E-state index in [-0.39, 0.29) is 16.3 Å². The first kappa shape index (κ1) is 11.8. The van der Waals surface area contributed by atoms with Gasteiger partial charge in [0.05, 0.1) is 10.2 Å². The molecule has 0 spiro atoms. The molecule has 0 saturated carbocycles. The van der Waals surface area contributed by atoms with Gasteiger partial charge in [0, 0.05) is 11.6 Å². The molecule has 0 atom stereocenters. The van der Waals surface area contributed by atoms with Crippen molar-refractivity contribution < 1.29 is 4.39 Å². The lowest BCUT2D eigenvalue weighted by Gasteiger charge is -2.03. The van der Waals surface area contributed by atoms with Crippen molar-refractivity contribution in [1.29, 1.82) is 0 Å². The molecular weight excluding hydrogens is 318 g/mol. The van der Waals surface area contributed by atoms with E-state index in [0.29, 0.717) is 15.7 Å². The standard InChI is InChI=1S/C10H4BrCl2FN2/c11-6-3-5(1-2-7(6)14)8-4-9(12)16-10(13)15-8/h1-4H. The summed E-state index contributed by atoms with van der Waals surface area (Å²) < 4.78 is 13.4. The first-order chi connectivity index (χ1) is 7.56. The van der Waals surface area contributed by atoms with Crippen molar-refractivity contribution in [3.63, 3.8) is 0 Å². The molecule has 82 valence electrons. The molecule has 16 heavy (non-hydrogen) atoms. The summed E-state index contributed by atoms with van der Waals surface area (Å²) in [6, 6.07) is 6.09. The summed E-state index contributed by atoms with van der Waals surface area (Å²) in [5, 5.41) is 0.304. The molecule has 0 fully saturated rings. The molecule has 0 bridgehead atoms. The van der Waals surface area contributed by atoms with Gasteiger partial charge in [-0.1, -0.05) is 11.6 Å². The Morgan fingerprint density at radius 2 is 1.88 bits per heavy atom. The average Bonchev–Trinajstić information content (AvgIpc) is 2.20. The van der Waals surface area contributed by atoms with Gasteiger partial charge in [-0.3, -0.25) is 0 Å². The second-order valence-corrected chi connectivity index (χ2v) is 4.55. The Hall–Kier alpha value is -0.710. The molecule has 2 nitrogen and oxygen atoms in total. The predicted molar refractivity (Wildman–Crippen MR) is 65.1 cm³/mol. The maximum Gasteiger partial charge on any atom is 0.224 e.